The van der Waals surface area contributed by atoms with Gasteiger partial charge < -0.3 is 5.32 Å². The second-order valence-electron chi connectivity index (χ2n) is 5.34. The molecule has 0 saturated heterocycles. The van der Waals surface area contributed by atoms with Crippen molar-refractivity contribution in [2.45, 2.75) is 19.9 Å². The smallest absolute Gasteiger partial charge is 0.251 e. The zero-order valence-corrected chi connectivity index (χ0v) is 12.8. The van der Waals surface area contributed by atoms with Crippen molar-refractivity contribution in [3.8, 4) is 0 Å². The van der Waals surface area contributed by atoms with Gasteiger partial charge in [-0.1, -0.05) is 31.2 Å². The van der Waals surface area contributed by atoms with Gasteiger partial charge in [-0.25, -0.2) is 4.39 Å². The lowest BCUT2D eigenvalue weighted by atomic mass is 10.1. The number of benzene rings is 2. The number of fused-ring (bicyclic) bond motifs is 1. The number of amides is 1. The van der Waals surface area contributed by atoms with Crippen molar-refractivity contribution < 1.29 is 9.18 Å². The number of rotatable bonds is 4. The molecule has 0 aliphatic carbocycles. The molecule has 3 aromatic rings. The fourth-order valence-electron chi connectivity index (χ4n) is 2.54. The number of pyridine rings is 1. The molecule has 3 nitrogen and oxygen atoms in total. The summed E-state index contributed by atoms with van der Waals surface area (Å²) in [6.45, 7) is 2.08. The lowest BCUT2D eigenvalue weighted by Gasteiger charge is -2.09. The molecule has 3 rings (SSSR count). The molecule has 0 bridgehead atoms. The second kappa shape index (κ2) is 6.57. The molecule has 1 N–H and O–H groups in total. The molecule has 116 valence electrons. The molecule has 2 aromatic carbocycles. The van der Waals surface area contributed by atoms with E-state index in [1.807, 2.05) is 31.2 Å². The summed E-state index contributed by atoms with van der Waals surface area (Å²) in [5, 5.41) is 3.67. The van der Waals surface area contributed by atoms with E-state index in [2.05, 4.69) is 10.3 Å². The number of carbonyl (C=O) groups is 1. The quantitative estimate of drug-likeness (QED) is 0.795. The second-order valence-corrected chi connectivity index (χ2v) is 5.34. The molecular weight excluding hydrogens is 291 g/mol. The van der Waals surface area contributed by atoms with Crippen molar-refractivity contribution in [2.24, 2.45) is 0 Å². The third kappa shape index (κ3) is 3.21. The summed E-state index contributed by atoms with van der Waals surface area (Å²) in [5.74, 6) is -0.463. The fraction of sp³-hybridized carbons (Fsp3) is 0.158. The van der Waals surface area contributed by atoms with Crippen LogP contribution < -0.4 is 5.32 Å². The highest BCUT2D eigenvalue weighted by Gasteiger charge is 2.10. The first kappa shape index (κ1) is 15.2. The lowest BCUT2D eigenvalue weighted by Crippen LogP contribution is -2.23. The minimum absolute atomic E-state index is 0.170. The van der Waals surface area contributed by atoms with E-state index in [9.17, 15) is 9.18 Å². The molecule has 0 spiro atoms. The third-order valence-electron chi connectivity index (χ3n) is 3.84. The van der Waals surface area contributed by atoms with Gasteiger partial charge in [0.1, 0.15) is 5.82 Å². The number of carbonyl (C=O) groups excluding carboxylic acids is 1. The van der Waals surface area contributed by atoms with E-state index in [1.54, 1.807) is 30.5 Å². The van der Waals surface area contributed by atoms with Crippen LogP contribution in [0.1, 0.15) is 28.4 Å². The van der Waals surface area contributed by atoms with E-state index in [1.165, 1.54) is 0 Å². The number of hydrogen-bond donors (Lipinski definition) is 1. The predicted molar refractivity (Wildman–Crippen MR) is 88.7 cm³/mol. The topological polar surface area (TPSA) is 42.0 Å². The van der Waals surface area contributed by atoms with Crippen LogP contribution in [0.15, 0.2) is 54.7 Å². The molecule has 1 amide bonds. The van der Waals surface area contributed by atoms with Gasteiger partial charge in [0, 0.05) is 29.3 Å². The van der Waals surface area contributed by atoms with Crippen LogP contribution in [0.5, 0.6) is 0 Å². The monoisotopic (exact) mass is 308 g/mol. The van der Waals surface area contributed by atoms with Crippen molar-refractivity contribution in [3.05, 3.63) is 77.2 Å². The predicted octanol–water partition coefficient (Wildman–Crippen LogP) is 3.87. The van der Waals surface area contributed by atoms with Crippen LogP contribution in [0.25, 0.3) is 10.9 Å². The van der Waals surface area contributed by atoms with E-state index >= 15 is 0 Å². The van der Waals surface area contributed by atoms with Gasteiger partial charge in [-0.3, -0.25) is 9.78 Å². The van der Waals surface area contributed by atoms with E-state index < -0.39 is 0 Å². The number of hydrogen-bond acceptors (Lipinski definition) is 2. The molecule has 0 aliphatic heterocycles. The first-order valence-corrected chi connectivity index (χ1v) is 7.58. The maximum absolute atomic E-state index is 14.2. The Hall–Kier alpha value is -2.75. The SMILES string of the molecule is CCc1cccc(CNC(=O)c2ccc3ncccc3c2)c1F. The Morgan fingerprint density at radius 3 is 2.78 bits per heavy atom. The Bertz CT molecular complexity index is 861. The summed E-state index contributed by atoms with van der Waals surface area (Å²) in [6.07, 6.45) is 2.34. The number of nitrogens with zero attached hydrogens (tertiary/aromatic N) is 1. The standard InChI is InChI=1S/C19H17FN2O/c1-2-13-5-3-6-16(18(13)20)12-22-19(23)15-8-9-17-14(11-15)7-4-10-21-17/h3-11H,2,12H2,1H3,(H,22,23). The molecular formula is C19H17FN2O. The Morgan fingerprint density at radius 1 is 1.13 bits per heavy atom. The molecule has 0 unspecified atom stereocenters. The third-order valence-corrected chi connectivity index (χ3v) is 3.84. The van der Waals surface area contributed by atoms with Gasteiger partial charge in [0.25, 0.3) is 5.91 Å². The van der Waals surface area contributed by atoms with Gasteiger partial charge in [0.05, 0.1) is 5.52 Å². The van der Waals surface area contributed by atoms with Crippen LogP contribution in [-0.4, -0.2) is 10.9 Å². The summed E-state index contributed by atoms with van der Waals surface area (Å²) in [7, 11) is 0. The number of halogens is 1. The normalized spacial score (nSPS) is 10.7. The maximum atomic E-state index is 14.2. The van der Waals surface area contributed by atoms with Crippen LogP contribution in [0.3, 0.4) is 0 Å². The summed E-state index contributed by atoms with van der Waals surface area (Å²) in [4.78, 5) is 16.5. The Balaban J connectivity index is 1.76. The van der Waals surface area contributed by atoms with Crippen LogP contribution in [-0.2, 0) is 13.0 Å². The first-order chi connectivity index (χ1) is 11.2. The molecule has 0 saturated carbocycles. The van der Waals surface area contributed by atoms with Crippen LogP contribution >= 0.6 is 0 Å². The summed E-state index contributed by atoms with van der Waals surface area (Å²) in [5.41, 5.74) is 2.54. The highest BCUT2D eigenvalue weighted by molar-refractivity contribution is 5.97. The van der Waals surface area contributed by atoms with E-state index in [0.29, 0.717) is 23.1 Å². The average Bonchev–Trinajstić information content (AvgIpc) is 2.60. The van der Waals surface area contributed by atoms with Crippen molar-refractivity contribution in [1.29, 1.82) is 0 Å². The fourth-order valence-corrected chi connectivity index (χ4v) is 2.54. The molecule has 0 atom stereocenters. The lowest BCUT2D eigenvalue weighted by molar-refractivity contribution is 0.0950. The summed E-state index contributed by atoms with van der Waals surface area (Å²) >= 11 is 0. The Kier molecular flexibility index (Phi) is 4.33. The molecule has 4 heteroatoms. The van der Waals surface area contributed by atoms with Crippen LogP contribution in [0.2, 0.25) is 0 Å². The van der Waals surface area contributed by atoms with Gasteiger partial charge in [0.15, 0.2) is 0 Å². The van der Waals surface area contributed by atoms with Crippen molar-refractivity contribution in [2.75, 3.05) is 0 Å². The van der Waals surface area contributed by atoms with E-state index in [4.69, 9.17) is 0 Å². The van der Waals surface area contributed by atoms with Crippen LogP contribution in [0, 0.1) is 5.82 Å². The van der Waals surface area contributed by atoms with E-state index in [0.717, 1.165) is 10.9 Å². The van der Waals surface area contributed by atoms with Gasteiger partial charge >= 0.3 is 0 Å². The molecule has 1 aromatic heterocycles. The Morgan fingerprint density at radius 2 is 1.96 bits per heavy atom. The molecule has 0 radical (unpaired) electrons. The summed E-state index contributed by atoms with van der Waals surface area (Å²) < 4.78 is 14.2. The minimum Gasteiger partial charge on any atom is -0.348 e. The zero-order chi connectivity index (χ0) is 16.2. The first-order valence-electron chi connectivity index (χ1n) is 7.58. The van der Waals surface area contributed by atoms with Crippen molar-refractivity contribution >= 4 is 16.8 Å². The summed E-state index contributed by atoms with van der Waals surface area (Å²) in [6, 6.07) is 14.3. The minimum atomic E-state index is -0.238. The van der Waals surface area contributed by atoms with Gasteiger partial charge in [-0.15, -0.1) is 0 Å². The number of aromatic nitrogens is 1. The van der Waals surface area contributed by atoms with Crippen molar-refractivity contribution in [3.63, 3.8) is 0 Å². The van der Waals surface area contributed by atoms with Crippen LogP contribution in [0.4, 0.5) is 4.39 Å². The van der Waals surface area contributed by atoms with E-state index in [-0.39, 0.29) is 18.3 Å². The Labute approximate surface area is 134 Å². The molecule has 1 heterocycles. The highest BCUT2D eigenvalue weighted by atomic mass is 19.1. The molecule has 0 fully saturated rings. The number of aryl methyl sites for hydroxylation is 1. The highest BCUT2D eigenvalue weighted by Crippen LogP contribution is 2.15. The zero-order valence-electron chi connectivity index (χ0n) is 12.8. The molecule has 23 heavy (non-hydrogen) atoms. The molecule has 0 aliphatic rings. The number of nitrogens with one attached hydrogen (secondary N) is 1. The van der Waals surface area contributed by atoms with Gasteiger partial charge in [-0.2, -0.15) is 0 Å². The van der Waals surface area contributed by atoms with Gasteiger partial charge in [0.2, 0.25) is 0 Å². The largest absolute Gasteiger partial charge is 0.348 e. The van der Waals surface area contributed by atoms with Gasteiger partial charge in [-0.05, 0) is 36.2 Å². The van der Waals surface area contributed by atoms with Crippen molar-refractivity contribution in [1.82, 2.24) is 10.3 Å². The maximum Gasteiger partial charge on any atom is 0.251 e. The average molecular weight is 308 g/mol.